The SMILES string of the molecule is CC(C)(C)OC(=O)N1Cc2cc3c(cc2C1)C(=O)N(C1C=CC(=O)NC1=O)C3=O. The Labute approximate surface area is 166 Å². The third-order valence-corrected chi connectivity index (χ3v) is 4.84. The van der Waals surface area contributed by atoms with Crippen molar-refractivity contribution in [2.75, 3.05) is 0 Å². The molecule has 0 spiro atoms. The summed E-state index contributed by atoms with van der Waals surface area (Å²) >= 11 is 0. The number of amides is 5. The van der Waals surface area contributed by atoms with E-state index in [0.717, 1.165) is 22.1 Å². The molecule has 4 rings (SSSR count). The highest BCUT2D eigenvalue weighted by Crippen LogP contribution is 2.33. The number of hydrogen-bond donors (Lipinski definition) is 1. The van der Waals surface area contributed by atoms with Gasteiger partial charge in [-0.05, 0) is 50.1 Å². The third kappa shape index (κ3) is 3.18. The maximum atomic E-state index is 12.8. The Bertz CT molecular complexity index is 975. The first-order valence-corrected chi connectivity index (χ1v) is 9.10. The van der Waals surface area contributed by atoms with Crippen molar-refractivity contribution in [3.63, 3.8) is 0 Å². The molecule has 3 aliphatic heterocycles. The molecule has 3 heterocycles. The highest BCUT2D eigenvalue weighted by molar-refractivity contribution is 6.24. The highest BCUT2D eigenvalue weighted by atomic mass is 16.6. The molecule has 9 heteroatoms. The van der Waals surface area contributed by atoms with Crippen molar-refractivity contribution in [2.24, 2.45) is 0 Å². The summed E-state index contributed by atoms with van der Waals surface area (Å²) in [5.74, 6) is -2.54. The number of rotatable bonds is 1. The van der Waals surface area contributed by atoms with Gasteiger partial charge in [-0.1, -0.05) is 0 Å². The van der Waals surface area contributed by atoms with Crippen LogP contribution in [-0.4, -0.2) is 51.2 Å². The minimum absolute atomic E-state index is 0.179. The summed E-state index contributed by atoms with van der Waals surface area (Å²) in [6.07, 6.45) is 1.89. The molecule has 1 aromatic carbocycles. The van der Waals surface area contributed by atoms with Gasteiger partial charge < -0.3 is 4.74 Å². The van der Waals surface area contributed by atoms with Crippen molar-refractivity contribution in [1.82, 2.24) is 15.1 Å². The lowest BCUT2D eigenvalue weighted by Gasteiger charge is -2.24. The third-order valence-electron chi connectivity index (χ3n) is 4.84. The van der Waals surface area contributed by atoms with Crippen LogP contribution in [0.2, 0.25) is 0 Å². The maximum absolute atomic E-state index is 12.8. The lowest BCUT2D eigenvalue weighted by atomic mass is 10.0. The lowest BCUT2D eigenvalue weighted by Crippen LogP contribution is -2.51. The molecular formula is C20H19N3O6. The second kappa shape index (κ2) is 6.26. The molecule has 1 N–H and O–H groups in total. The quantitative estimate of drug-likeness (QED) is 0.711. The van der Waals surface area contributed by atoms with Gasteiger partial charge in [-0.15, -0.1) is 0 Å². The number of nitrogens with one attached hydrogen (secondary N) is 1. The van der Waals surface area contributed by atoms with Gasteiger partial charge in [-0.25, -0.2) is 4.79 Å². The van der Waals surface area contributed by atoms with Crippen molar-refractivity contribution in [2.45, 2.75) is 45.5 Å². The molecule has 0 aliphatic carbocycles. The van der Waals surface area contributed by atoms with E-state index in [1.165, 1.54) is 11.0 Å². The summed E-state index contributed by atoms with van der Waals surface area (Å²) < 4.78 is 5.38. The summed E-state index contributed by atoms with van der Waals surface area (Å²) in [6.45, 7) is 5.85. The van der Waals surface area contributed by atoms with Gasteiger partial charge in [-0.2, -0.15) is 0 Å². The van der Waals surface area contributed by atoms with Gasteiger partial charge >= 0.3 is 6.09 Å². The van der Waals surface area contributed by atoms with Crippen molar-refractivity contribution in [3.05, 3.63) is 46.5 Å². The van der Waals surface area contributed by atoms with Crippen LogP contribution in [0.3, 0.4) is 0 Å². The van der Waals surface area contributed by atoms with E-state index in [0.29, 0.717) is 0 Å². The van der Waals surface area contributed by atoms with Crippen LogP contribution in [0.5, 0.6) is 0 Å². The van der Waals surface area contributed by atoms with Crippen LogP contribution in [0.15, 0.2) is 24.3 Å². The van der Waals surface area contributed by atoms with Crippen LogP contribution in [-0.2, 0) is 27.4 Å². The predicted octanol–water partition coefficient (Wildman–Crippen LogP) is 1.11. The number of carbonyl (C=O) groups excluding carboxylic acids is 5. The van der Waals surface area contributed by atoms with E-state index in [1.54, 1.807) is 32.9 Å². The number of nitrogens with zero attached hydrogens (tertiary/aromatic N) is 2. The van der Waals surface area contributed by atoms with Crippen molar-refractivity contribution in [1.29, 1.82) is 0 Å². The number of carbonyl (C=O) groups is 5. The van der Waals surface area contributed by atoms with Gasteiger partial charge in [0.2, 0.25) is 5.91 Å². The van der Waals surface area contributed by atoms with Crippen LogP contribution in [0, 0.1) is 0 Å². The first-order valence-electron chi connectivity index (χ1n) is 9.10. The molecule has 0 radical (unpaired) electrons. The smallest absolute Gasteiger partial charge is 0.410 e. The Morgan fingerprint density at radius 3 is 2.07 bits per heavy atom. The number of benzene rings is 1. The first-order chi connectivity index (χ1) is 13.5. The van der Waals surface area contributed by atoms with E-state index in [1.807, 2.05) is 0 Å². The van der Waals surface area contributed by atoms with Crippen LogP contribution in [0.1, 0.15) is 52.6 Å². The Morgan fingerprint density at radius 1 is 1.03 bits per heavy atom. The van der Waals surface area contributed by atoms with Gasteiger partial charge in [0.15, 0.2) is 0 Å². The zero-order valence-electron chi connectivity index (χ0n) is 16.1. The summed E-state index contributed by atoms with van der Waals surface area (Å²) in [7, 11) is 0. The Hall–Kier alpha value is -3.49. The Balaban J connectivity index is 1.60. The second-order valence-electron chi connectivity index (χ2n) is 8.14. The van der Waals surface area contributed by atoms with Crippen LogP contribution in [0.4, 0.5) is 4.79 Å². The van der Waals surface area contributed by atoms with Gasteiger partial charge in [0.05, 0.1) is 11.1 Å². The lowest BCUT2D eigenvalue weighted by molar-refractivity contribution is -0.130. The minimum Gasteiger partial charge on any atom is -0.444 e. The monoisotopic (exact) mass is 397 g/mol. The minimum atomic E-state index is -1.17. The predicted molar refractivity (Wildman–Crippen MR) is 98.5 cm³/mol. The van der Waals surface area contributed by atoms with E-state index in [9.17, 15) is 24.0 Å². The molecule has 1 atom stereocenters. The first kappa shape index (κ1) is 18.9. The summed E-state index contributed by atoms with van der Waals surface area (Å²) in [4.78, 5) is 63.7. The molecular weight excluding hydrogens is 378 g/mol. The Kier molecular flexibility index (Phi) is 4.07. The molecule has 3 aliphatic rings. The normalized spacial score (nSPS) is 20.7. The number of ether oxygens (including phenoxy) is 1. The van der Waals surface area contributed by atoms with Gasteiger partial charge in [-0.3, -0.25) is 34.3 Å². The van der Waals surface area contributed by atoms with Gasteiger partial charge in [0.25, 0.3) is 17.7 Å². The molecule has 0 saturated carbocycles. The van der Waals surface area contributed by atoms with E-state index >= 15 is 0 Å². The standard InChI is InChI=1S/C20H19N3O6/c1-20(2,3)29-19(28)22-8-10-6-12-13(7-11(10)9-22)18(27)23(17(12)26)14-4-5-15(24)21-16(14)25/h4-7,14H,8-9H2,1-3H3,(H,21,24,25). The fraction of sp³-hybridized carbons (Fsp3) is 0.350. The molecule has 0 fully saturated rings. The zero-order valence-corrected chi connectivity index (χ0v) is 16.1. The van der Waals surface area contributed by atoms with Crippen LogP contribution in [0.25, 0.3) is 0 Å². The van der Waals surface area contributed by atoms with Crippen molar-refractivity contribution < 1.29 is 28.7 Å². The van der Waals surface area contributed by atoms with E-state index in [2.05, 4.69) is 5.32 Å². The summed E-state index contributed by atoms with van der Waals surface area (Å²) in [5, 5.41) is 2.09. The fourth-order valence-corrected chi connectivity index (χ4v) is 3.57. The molecule has 1 aromatic rings. The van der Waals surface area contributed by atoms with E-state index in [4.69, 9.17) is 4.74 Å². The van der Waals surface area contributed by atoms with Crippen molar-refractivity contribution >= 4 is 29.7 Å². The molecule has 150 valence electrons. The Morgan fingerprint density at radius 2 is 1.59 bits per heavy atom. The average Bonchev–Trinajstić information content (AvgIpc) is 3.13. The van der Waals surface area contributed by atoms with Crippen molar-refractivity contribution in [3.8, 4) is 0 Å². The fourth-order valence-electron chi connectivity index (χ4n) is 3.57. The maximum Gasteiger partial charge on any atom is 0.410 e. The van der Waals surface area contributed by atoms with Gasteiger partial charge in [0, 0.05) is 19.2 Å². The molecule has 1 unspecified atom stereocenters. The molecule has 0 saturated heterocycles. The molecule has 5 amide bonds. The second-order valence-corrected chi connectivity index (χ2v) is 8.14. The zero-order chi connectivity index (χ0) is 21.1. The van der Waals surface area contributed by atoms with E-state index in [-0.39, 0.29) is 24.2 Å². The van der Waals surface area contributed by atoms with E-state index < -0.39 is 41.4 Å². The summed E-state index contributed by atoms with van der Waals surface area (Å²) in [5.41, 5.74) is 1.22. The summed E-state index contributed by atoms with van der Waals surface area (Å²) in [6, 6.07) is 2.00. The largest absolute Gasteiger partial charge is 0.444 e. The topological polar surface area (TPSA) is 113 Å². The average molecular weight is 397 g/mol. The number of imide groups is 2. The number of hydrogen-bond acceptors (Lipinski definition) is 6. The highest BCUT2D eigenvalue weighted by Gasteiger charge is 2.44. The van der Waals surface area contributed by atoms with Crippen LogP contribution >= 0.6 is 0 Å². The number of fused-ring (bicyclic) bond motifs is 2. The van der Waals surface area contributed by atoms with Gasteiger partial charge in [0.1, 0.15) is 11.6 Å². The molecule has 9 nitrogen and oxygen atoms in total. The molecule has 0 bridgehead atoms. The molecule has 0 aromatic heterocycles. The molecule has 29 heavy (non-hydrogen) atoms. The van der Waals surface area contributed by atoms with Crippen LogP contribution < -0.4 is 5.32 Å².